The Bertz CT molecular complexity index is 939. The van der Waals surface area contributed by atoms with Crippen molar-refractivity contribution in [3.8, 4) is 11.4 Å². The van der Waals surface area contributed by atoms with Crippen molar-refractivity contribution < 1.29 is 37.3 Å². The van der Waals surface area contributed by atoms with Gasteiger partial charge >= 0.3 is 12.1 Å². The summed E-state index contributed by atoms with van der Waals surface area (Å²) in [7, 11) is 0. The van der Waals surface area contributed by atoms with E-state index in [0.717, 1.165) is 29.3 Å². The monoisotopic (exact) mass is 398 g/mol. The molecule has 9 nitrogen and oxygen atoms in total. The van der Waals surface area contributed by atoms with Crippen LogP contribution in [0.5, 0.6) is 5.75 Å². The first-order valence-electron chi connectivity index (χ1n) is 7.78. The van der Waals surface area contributed by atoms with Crippen LogP contribution in [0.4, 0.5) is 13.2 Å². The molecule has 0 spiro atoms. The summed E-state index contributed by atoms with van der Waals surface area (Å²) < 4.78 is 50.0. The third-order valence-electron chi connectivity index (χ3n) is 3.53. The molecule has 0 atom stereocenters. The molecule has 0 aliphatic carbocycles. The molecule has 0 saturated heterocycles. The number of para-hydroxylation sites is 1. The molecule has 2 heterocycles. The number of carbonyl (C=O) groups is 2. The van der Waals surface area contributed by atoms with Crippen LogP contribution in [0.25, 0.3) is 5.69 Å². The average Bonchev–Trinajstić information content (AvgIpc) is 3.07. The lowest BCUT2D eigenvalue weighted by atomic mass is 10.2. The number of aromatic hydroxyl groups is 1. The van der Waals surface area contributed by atoms with Gasteiger partial charge in [-0.1, -0.05) is 12.1 Å². The summed E-state index contributed by atoms with van der Waals surface area (Å²) in [4.78, 5) is 23.9. The minimum atomic E-state index is -4.66. The van der Waals surface area contributed by atoms with Crippen LogP contribution < -0.4 is 10.9 Å². The van der Waals surface area contributed by atoms with E-state index in [0.29, 0.717) is 0 Å². The normalized spacial score (nSPS) is 13.8. The third kappa shape index (κ3) is 4.00. The first kappa shape index (κ1) is 19.1. The van der Waals surface area contributed by atoms with Crippen LogP contribution in [0, 0.1) is 0 Å². The van der Waals surface area contributed by atoms with Crippen LogP contribution in [0.1, 0.15) is 16.1 Å². The van der Waals surface area contributed by atoms with Crippen molar-refractivity contribution >= 4 is 11.8 Å². The fourth-order valence-corrected chi connectivity index (χ4v) is 2.28. The second kappa shape index (κ2) is 7.50. The van der Waals surface area contributed by atoms with Gasteiger partial charge < -0.3 is 14.6 Å². The highest BCUT2D eigenvalue weighted by Crippen LogP contribution is 2.34. The fourth-order valence-electron chi connectivity index (χ4n) is 2.28. The van der Waals surface area contributed by atoms with Gasteiger partial charge in [0, 0.05) is 0 Å². The number of halogens is 3. The first-order chi connectivity index (χ1) is 13.3. The maximum absolute atomic E-state index is 13.1. The maximum atomic E-state index is 13.1. The lowest BCUT2D eigenvalue weighted by Crippen LogP contribution is -2.43. The Hall–Kier alpha value is -3.70. The molecule has 1 aromatic heterocycles. The first-order valence-corrected chi connectivity index (χ1v) is 7.78. The van der Waals surface area contributed by atoms with Gasteiger partial charge in [0.2, 0.25) is 5.76 Å². The van der Waals surface area contributed by atoms with E-state index in [1.165, 1.54) is 12.1 Å². The second-order valence-corrected chi connectivity index (χ2v) is 5.43. The van der Waals surface area contributed by atoms with Gasteiger partial charge in [0.15, 0.2) is 11.4 Å². The van der Waals surface area contributed by atoms with Gasteiger partial charge in [-0.15, -0.1) is 0 Å². The molecule has 148 valence electrons. The Morgan fingerprint density at radius 1 is 1.14 bits per heavy atom. The number of hydrogen-bond donors (Lipinski definition) is 3. The molecule has 28 heavy (non-hydrogen) atoms. The lowest BCUT2D eigenvalue weighted by molar-refractivity contribution is -0.137. The summed E-state index contributed by atoms with van der Waals surface area (Å²) in [5, 5.41) is 13.6. The number of ether oxygens (including phenoxy) is 2. The molecule has 2 amide bonds. The van der Waals surface area contributed by atoms with Crippen LogP contribution in [0.2, 0.25) is 0 Å². The standard InChI is InChI=1S/C16H13F3N4O5/c17-16(18,19)9-3-1-2-4-10(9)23-7-11(24)13(22-23)15(26)21-20-14(25)12-8-27-5-6-28-12/h1-4,7-8,24H,5-6H2,(H,20,25)(H,21,26). The molecule has 3 rings (SSSR count). The lowest BCUT2D eigenvalue weighted by Gasteiger charge is -2.15. The zero-order chi connectivity index (χ0) is 20.3. The van der Waals surface area contributed by atoms with Gasteiger partial charge in [0.05, 0.1) is 17.4 Å². The SMILES string of the molecule is O=C(NNC(=O)c1nn(-c2ccccc2C(F)(F)F)cc1O)C1=COCCO1. The predicted molar refractivity (Wildman–Crippen MR) is 85.8 cm³/mol. The summed E-state index contributed by atoms with van der Waals surface area (Å²) in [5.41, 5.74) is 2.01. The summed E-state index contributed by atoms with van der Waals surface area (Å²) >= 11 is 0. The number of alkyl halides is 3. The number of amides is 2. The highest BCUT2D eigenvalue weighted by Gasteiger charge is 2.34. The molecule has 1 aliphatic heterocycles. The smallest absolute Gasteiger partial charge is 0.418 e. The van der Waals surface area contributed by atoms with E-state index in [1.54, 1.807) is 0 Å². The Labute approximate surface area is 155 Å². The molecule has 3 N–H and O–H groups in total. The number of hydrazine groups is 1. The second-order valence-electron chi connectivity index (χ2n) is 5.43. The summed E-state index contributed by atoms with van der Waals surface area (Å²) in [6.07, 6.45) is -2.75. The van der Waals surface area contributed by atoms with Crippen molar-refractivity contribution in [3.63, 3.8) is 0 Å². The van der Waals surface area contributed by atoms with Gasteiger partial charge in [0.25, 0.3) is 5.91 Å². The molecule has 0 fully saturated rings. The molecule has 12 heteroatoms. The molecular formula is C16H13F3N4O5. The van der Waals surface area contributed by atoms with Gasteiger partial charge in [0.1, 0.15) is 19.5 Å². The van der Waals surface area contributed by atoms with Gasteiger partial charge in [-0.05, 0) is 12.1 Å². The van der Waals surface area contributed by atoms with Gasteiger partial charge in [-0.25, -0.2) is 4.68 Å². The molecule has 0 bridgehead atoms. The zero-order valence-electron chi connectivity index (χ0n) is 14.0. The highest BCUT2D eigenvalue weighted by molar-refractivity contribution is 5.98. The van der Waals surface area contributed by atoms with Crippen molar-refractivity contribution in [2.24, 2.45) is 0 Å². The van der Waals surface area contributed by atoms with E-state index in [4.69, 9.17) is 9.47 Å². The Balaban J connectivity index is 1.77. The van der Waals surface area contributed by atoms with E-state index in [2.05, 4.69) is 5.10 Å². The summed E-state index contributed by atoms with van der Waals surface area (Å²) in [6, 6.07) is 4.52. The Morgan fingerprint density at radius 3 is 2.54 bits per heavy atom. The Kier molecular flexibility index (Phi) is 5.11. The number of nitrogens with zero attached hydrogens (tertiary/aromatic N) is 2. The highest BCUT2D eigenvalue weighted by atomic mass is 19.4. The van der Waals surface area contributed by atoms with Crippen molar-refractivity contribution in [3.05, 3.63) is 53.7 Å². The minimum absolute atomic E-state index is 0.150. The molecule has 0 unspecified atom stereocenters. The quantitative estimate of drug-likeness (QED) is 0.671. The van der Waals surface area contributed by atoms with Gasteiger partial charge in [-0.2, -0.15) is 18.3 Å². The predicted octanol–water partition coefficient (Wildman–Crippen LogP) is 1.25. The van der Waals surface area contributed by atoms with Gasteiger partial charge in [-0.3, -0.25) is 20.4 Å². The van der Waals surface area contributed by atoms with Crippen LogP contribution >= 0.6 is 0 Å². The molecule has 2 aromatic rings. The minimum Gasteiger partial charge on any atom is -0.504 e. The van der Waals surface area contributed by atoms with E-state index in [1.807, 2.05) is 10.9 Å². The third-order valence-corrected chi connectivity index (χ3v) is 3.53. The number of hydrogen-bond acceptors (Lipinski definition) is 6. The van der Waals surface area contributed by atoms with Crippen LogP contribution in [-0.4, -0.2) is 39.9 Å². The number of carbonyl (C=O) groups excluding carboxylic acids is 2. The van der Waals surface area contributed by atoms with Crippen LogP contribution in [-0.2, 0) is 20.4 Å². The average molecular weight is 398 g/mol. The van der Waals surface area contributed by atoms with Crippen LogP contribution in [0.15, 0.2) is 42.5 Å². The number of nitrogens with one attached hydrogen (secondary N) is 2. The van der Waals surface area contributed by atoms with Crippen LogP contribution in [0.3, 0.4) is 0 Å². The molecule has 1 aliphatic rings. The van der Waals surface area contributed by atoms with E-state index < -0.39 is 35.0 Å². The molecule has 1 aromatic carbocycles. The fraction of sp³-hybridized carbons (Fsp3) is 0.188. The largest absolute Gasteiger partial charge is 0.504 e. The van der Waals surface area contributed by atoms with E-state index in [9.17, 15) is 27.9 Å². The number of aromatic nitrogens is 2. The van der Waals surface area contributed by atoms with Crippen molar-refractivity contribution in [1.82, 2.24) is 20.6 Å². The van der Waals surface area contributed by atoms with E-state index >= 15 is 0 Å². The summed E-state index contributed by atoms with van der Waals surface area (Å²) in [6.45, 7) is 0.421. The van der Waals surface area contributed by atoms with Crippen molar-refractivity contribution in [1.29, 1.82) is 0 Å². The van der Waals surface area contributed by atoms with Crippen molar-refractivity contribution in [2.75, 3.05) is 13.2 Å². The number of rotatable bonds is 3. The Morgan fingerprint density at radius 2 is 1.86 bits per heavy atom. The molecule has 0 radical (unpaired) electrons. The summed E-state index contributed by atoms with van der Waals surface area (Å²) in [5.74, 6) is -2.73. The zero-order valence-corrected chi connectivity index (χ0v) is 14.0. The molecular weight excluding hydrogens is 385 g/mol. The van der Waals surface area contributed by atoms with E-state index in [-0.39, 0.29) is 24.7 Å². The maximum Gasteiger partial charge on any atom is 0.418 e. The molecule has 0 saturated carbocycles. The topological polar surface area (TPSA) is 115 Å². The van der Waals surface area contributed by atoms with Crippen molar-refractivity contribution in [2.45, 2.75) is 6.18 Å². The number of benzene rings is 1.